The molecule has 0 aromatic heterocycles. The van der Waals surface area contributed by atoms with Crippen LogP contribution in [0.2, 0.25) is 0 Å². The molecule has 5 rings (SSSR count). The van der Waals surface area contributed by atoms with E-state index in [9.17, 15) is 13.2 Å². The van der Waals surface area contributed by atoms with E-state index < -0.39 is 16.0 Å². The van der Waals surface area contributed by atoms with E-state index in [1.54, 1.807) is 29.2 Å². The minimum Gasteiger partial charge on any atom is -0.493 e. The lowest BCUT2D eigenvalue weighted by Crippen LogP contribution is -2.38. The van der Waals surface area contributed by atoms with Crippen molar-refractivity contribution >= 4 is 50.6 Å². The van der Waals surface area contributed by atoms with Crippen LogP contribution in [-0.4, -0.2) is 37.3 Å². The Hall–Kier alpha value is -4.15. The van der Waals surface area contributed by atoms with Crippen LogP contribution in [0.3, 0.4) is 0 Å². The van der Waals surface area contributed by atoms with Gasteiger partial charge in [0.05, 0.1) is 18.4 Å². The molecular weight excluding hydrogens is 510 g/mol. The van der Waals surface area contributed by atoms with E-state index in [2.05, 4.69) is 4.99 Å². The van der Waals surface area contributed by atoms with E-state index in [4.69, 9.17) is 14.3 Å². The first kappa shape index (κ1) is 24.5. The Morgan fingerprint density at radius 3 is 2.43 bits per heavy atom. The molecule has 10 heteroatoms. The maximum atomic E-state index is 12.8. The number of hydrogen-bond donors (Lipinski definition) is 1. The number of methoxy groups -OCH3 is 1. The van der Waals surface area contributed by atoms with Crippen LogP contribution in [0.5, 0.6) is 11.5 Å². The quantitative estimate of drug-likeness (QED) is 0.349. The third-order valence-corrected chi connectivity index (χ3v) is 7.77. The number of amides is 1. The summed E-state index contributed by atoms with van der Waals surface area (Å²) in [4.78, 5) is 18.6. The van der Waals surface area contributed by atoms with Crippen molar-refractivity contribution in [3.05, 3.63) is 100 Å². The van der Waals surface area contributed by atoms with Gasteiger partial charge < -0.3 is 8.92 Å². The van der Waals surface area contributed by atoms with Crippen LogP contribution in [-0.2, 0) is 14.9 Å². The highest BCUT2D eigenvalue weighted by Gasteiger charge is 2.36. The normalized spacial score (nSPS) is 16.4. The van der Waals surface area contributed by atoms with Crippen molar-refractivity contribution < 1.29 is 22.1 Å². The van der Waals surface area contributed by atoms with Gasteiger partial charge in [-0.2, -0.15) is 13.4 Å². The number of benzene rings is 3. The number of aryl methyl sites for hydroxylation is 1. The summed E-state index contributed by atoms with van der Waals surface area (Å²) in [5, 5.41) is 11.1. The van der Waals surface area contributed by atoms with Crippen LogP contribution in [0.4, 0.5) is 0 Å². The van der Waals surface area contributed by atoms with E-state index in [1.807, 2.05) is 42.7 Å². The SMILES string of the molecule is COc1cc(/C=C2\C(=N)N3C(c4ccccc4)=CSC3=NC2=O)ccc1OS(=O)(=O)c1ccc(C)cc1. The fraction of sp³-hybridized carbons (Fsp3) is 0.0741. The summed E-state index contributed by atoms with van der Waals surface area (Å²) in [6.07, 6.45) is 1.53. The summed E-state index contributed by atoms with van der Waals surface area (Å²) in [6.45, 7) is 1.86. The van der Waals surface area contributed by atoms with Crippen LogP contribution in [0, 0.1) is 12.3 Å². The molecule has 3 aromatic rings. The van der Waals surface area contributed by atoms with Gasteiger partial charge in [-0.3, -0.25) is 15.1 Å². The van der Waals surface area contributed by atoms with Gasteiger partial charge in [0, 0.05) is 5.41 Å². The molecule has 0 atom stereocenters. The highest BCUT2D eigenvalue weighted by molar-refractivity contribution is 8.17. The molecule has 0 aliphatic carbocycles. The number of carbonyl (C=O) groups excluding carboxylic acids is 1. The Morgan fingerprint density at radius 1 is 1.00 bits per heavy atom. The molecule has 186 valence electrons. The van der Waals surface area contributed by atoms with Crippen molar-refractivity contribution in [2.45, 2.75) is 11.8 Å². The predicted molar refractivity (Wildman–Crippen MR) is 144 cm³/mol. The second kappa shape index (κ2) is 9.72. The monoisotopic (exact) mass is 531 g/mol. The van der Waals surface area contributed by atoms with Gasteiger partial charge in [0.15, 0.2) is 16.7 Å². The number of rotatable bonds is 6. The van der Waals surface area contributed by atoms with Gasteiger partial charge in [-0.25, -0.2) is 0 Å². The number of amidine groups is 2. The molecule has 1 N–H and O–H groups in total. The molecule has 1 amide bonds. The molecule has 2 heterocycles. The molecule has 0 bridgehead atoms. The summed E-state index contributed by atoms with van der Waals surface area (Å²) in [5.74, 6) is -0.379. The standard InChI is InChI=1S/C27H21N3O5S2/c1-17-8-11-20(12-9-17)37(32,33)35-23-13-10-18(15-24(23)34-2)14-21-25(28)30-22(19-6-4-3-5-7-19)16-36-27(30)29-26(21)31/h3-16,28H,1-2H3/b21-14+,28-25?. The van der Waals surface area contributed by atoms with Gasteiger partial charge in [0.25, 0.3) is 5.91 Å². The molecule has 0 saturated heterocycles. The largest absolute Gasteiger partial charge is 0.493 e. The van der Waals surface area contributed by atoms with E-state index in [0.29, 0.717) is 10.7 Å². The lowest BCUT2D eigenvalue weighted by atomic mass is 10.1. The van der Waals surface area contributed by atoms with Gasteiger partial charge in [-0.1, -0.05) is 65.9 Å². The summed E-state index contributed by atoms with van der Waals surface area (Å²) in [6, 6.07) is 20.5. The molecule has 0 spiro atoms. The Labute approximate surface area is 218 Å². The number of nitrogens with zero attached hydrogens (tertiary/aromatic N) is 2. The van der Waals surface area contributed by atoms with Crippen LogP contribution >= 0.6 is 11.8 Å². The minimum absolute atomic E-state index is 0.000759. The lowest BCUT2D eigenvalue weighted by molar-refractivity contribution is -0.114. The topological polar surface area (TPSA) is 109 Å². The predicted octanol–water partition coefficient (Wildman–Crippen LogP) is 5.08. The highest BCUT2D eigenvalue weighted by Crippen LogP contribution is 2.38. The number of nitrogens with one attached hydrogen (secondary N) is 1. The number of aliphatic imine (C=N–C) groups is 1. The average molecular weight is 532 g/mol. The first-order chi connectivity index (χ1) is 17.8. The minimum atomic E-state index is -4.08. The van der Waals surface area contributed by atoms with Gasteiger partial charge in [-0.15, -0.1) is 0 Å². The summed E-state index contributed by atoms with van der Waals surface area (Å²) in [7, 11) is -2.69. The zero-order chi connectivity index (χ0) is 26.2. The van der Waals surface area contributed by atoms with E-state index >= 15 is 0 Å². The second-order valence-corrected chi connectivity index (χ2v) is 10.6. The first-order valence-electron chi connectivity index (χ1n) is 11.1. The van der Waals surface area contributed by atoms with Crippen molar-refractivity contribution in [1.82, 2.24) is 4.90 Å². The zero-order valence-electron chi connectivity index (χ0n) is 19.8. The van der Waals surface area contributed by atoms with Gasteiger partial charge in [0.1, 0.15) is 10.7 Å². The lowest BCUT2D eigenvalue weighted by Gasteiger charge is -2.27. The Bertz CT molecular complexity index is 1610. The molecule has 2 aliphatic rings. The van der Waals surface area contributed by atoms with Crippen LogP contribution in [0.15, 0.2) is 93.7 Å². The molecular formula is C27H21N3O5S2. The molecule has 3 aromatic carbocycles. The molecule has 0 radical (unpaired) electrons. The fourth-order valence-corrected chi connectivity index (χ4v) is 5.62. The summed E-state index contributed by atoms with van der Waals surface area (Å²) < 4.78 is 36.2. The van der Waals surface area contributed by atoms with Crippen molar-refractivity contribution in [3.8, 4) is 11.5 Å². The van der Waals surface area contributed by atoms with E-state index in [0.717, 1.165) is 16.8 Å². The third-order valence-electron chi connectivity index (χ3n) is 5.69. The maximum Gasteiger partial charge on any atom is 0.339 e. The molecule has 2 aliphatic heterocycles. The van der Waals surface area contributed by atoms with Crippen LogP contribution in [0.25, 0.3) is 11.8 Å². The van der Waals surface area contributed by atoms with E-state index in [-0.39, 0.29) is 27.8 Å². The molecule has 37 heavy (non-hydrogen) atoms. The first-order valence-corrected chi connectivity index (χ1v) is 13.4. The number of fused-ring (bicyclic) bond motifs is 1. The maximum absolute atomic E-state index is 12.8. The van der Waals surface area contributed by atoms with Gasteiger partial charge in [-0.05, 0) is 48.4 Å². The second-order valence-electron chi connectivity index (χ2n) is 8.19. The number of thioether (sulfide) groups is 1. The fourth-order valence-electron chi connectivity index (χ4n) is 3.80. The number of ether oxygens (including phenoxy) is 1. The summed E-state index contributed by atoms with van der Waals surface area (Å²) in [5.41, 5.74) is 3.19. The van der Waals surface area contributed by atoms with Gasteiger partial charge in [0.2, 0.25) is 0 Å². The van der Waals surface area contributed by atoms with Gasteiger partial charge >= 0.3 is 10.1 Å². The smallest absolute Gasteiger partial charge is 0.339 e. The summed E-state index contributed by atoms with van der Waals surface area (Å²) >= 11 is 1.29. The molecule has 8 nitrogen and oxygen atoms in total. The average Bonchev–Trinajstić information content (AvgIpc) is 3.32. The third kappa shape index (κ3) is 4.81. The van der Waals surface area contributed by atoms with Crippen molar-refractivity contribution in [2.24, 2.45) is 4.99 Å². The molecule has 0 fully saturated rings. The van der Waals surface area contributed by atoms with Crippen LogP contribution in [0.1, 0.15) is 16.7 Å². The highest BCUT2D eigenvalue weighted by atomic mass is 32.2. The van der Waals surface area contributed by atoms with Crippen molar-refractivity contribution in [1.29, 1.82) is 5.41 Å². The Kier molecular flexibility index (Phi) is 6.45. The Morgan fingerprint density at radius 2 is 1.73 bits per heavy atom. The number of hydrogen-bond acceptors (Lipinski definition) is 7. The molecule has 0 unspecified atom stereocenters. The van der Waals surface area contributed by atoms with Crippen molar-refractivity contribution in [3.63, 3.8) is 0 Å². The van der Waals surface area contributed by atoms with Crippen molar-refractivity contribution in [2.75, 3.05) is 7.11 Å². The number of carbonyl (C=O) groups is 1. The Balaban J connectivity index is 1.44. The van der Waals surface area contributed by atoms with E-state index in [1.165, 1.54) is 43.1 Å². The molecule has 0 saturated carbocycles. The zero-order valence-corrected chi connectivity index (χ0v) is 21.5. The van der Waals surface area contributed by atoms with Crippen LogP contribution < -0.4 is 8.92 Å².